The third-order valence-electron chi connectivity index (χ3n) is 2.39. The second-order valence-electron chi connectivity index (χ2n) is 3.85. The fourth-order valence-corrected chi connectivity index (χ4v) is 2.44. The molecule has 0 radical (unpaired) electrons. The van der Waals surface area contributed by atoms with Crippen molar-refractivity contribution in [2.45, 2.75) is 12.2 Å². The van der Waals surface area contributed by atoms with Crippen LogP contribution in [0.3, 0.4) is 0 Å². The van der Waals surface area contributed by atoms with Gasteiger partial charge in [-0.25, -0.2) is 4.98 Å². The average molecular weight is 283 g/mol. The van der Waals surface area contributed by atoms with Crippen LogP contribution in [0.4, 0.5) is 0 Å². The summed E-state index contributed by atoms with van der Waals surface area (Å²) in [6.45, 7) is 0.738. The fourth-order valence-electron chi connectivity index (χ4n) is 1.46. The summed E-state index contributed by atoms with van der Waals surface area (Å²) in [5.74, 6) is 2.55. The number of hydrogen-bond acceptors (Lipinski definition) is 4. The van der Waals surface area contributed by atoms with E-state index in [4.69, 9.17) is 21.8 Å². The van der Waals surface area contributed by atoms with Crippen molar-refractivity contribution < 1.29 is 4.42 Å². The molecule has 0 aliphatic heterocycles. The molecule has 0 aliphatic rings. The van der Waals surface area contributed by atoms with Gasteiger partial charge in [-0.3, -0.25) is 0 Å². The molecular formula is C13H15ClN2OS. The van der Waals surface area contributed by atoms with Gasteiger partial charge in [-0.1, -0.05) is 11.6 Å². The van der Waals surface area contributed by atoms with Crippen LogP contribution in [0.5, 0.6) is 0 Å². The summed E-state index contributed by atoms with van der Waals surface area (Å²) in [7, 11) is 0. The van der Waals surface area contributed by atoms with E-state index < -0.39 is 0 Å². The van der Waals surface area contributed by atoms with Crippen LogP contribution in [0.25, 0.3) is 11.5 Å². The van der Waals surface area contributed by atoms with E-state index in [0.29, 0.717) is 10.9 Å². The van der Waals surface area contributed by atoms with Crippen LogP contribution in [0.15, 0.2) is 34.9 Å². The molecule has 0 bridgehead atoms. The summed E-state index contributed by atoms with van der Waals surface area (Å²) in [5.41, 5.74) is 7.34. The molecule has 2 aromatic rings. The molecule has 3 nitrogen and oxygen atoms in total. The van der Waals surface area contributed by atoms with Gasteiger partial charge in [0, 0.05) is 16.3 Å². The van der Waals surface area contributed by atoms with Crippen molar-refractivity contribution in [2.75, 3.05) is 12.3 Å². The predicted octanol–water partition coefficient (Wildman–Crippen LogP) is 3.58. The summed E-state index contributed by atoms with van der Waals surface area (Å²) in [5, 5.41) is 0.711. The summed E-state index contributed by atoms with van der Waals surface area (Å²) in [6.07, 6.45) is 2.74. The first-order valence-corrected chi connectivity index (χ1v) is 7.31. The molecule has 1 aromatic heterocycles. The Kier molecular flexibility index (Phi) is 5.11. The van der Waals surface area contributed by atoms with E-state index in [1.54, 1.807) is 6.26 Å². The molecule has 2 rings (SSSR count). The Bertz CT molecular complexity index is 484. The quantitative estimate of drug-likeness (QED) is 0.823. The van der Waals surface area contributed by atoms with E-state index in [9.17, 15) is 0 Å². The average Bonchev–Trinajstić information content (AvgIpc) is 2.84. The van der Waals surface area contributed by atoms with Gasteiger partial charge in [0.15, 0.2) is 0 Å². The Morgan fingerprint density at radius 2 is 2.06 bits per heavy atom. The molecule has 0 amide bonds. The molecule has 0 fully saturated rings. The Labute approximate surface area is 116 Å². The molecule has 0 spiro atoms. The highest BCUT2D eigenvalue weighted by Crippen LogP contribution is 2.22. The van der Waals surface area contributed by atoms with Gasteiger partial charge in [-0.05, 0) is 43.0 Å². The third kappa shape index (κ3) is 3.77. The summed E-state index contributed by atoms with van der Waals surface area (Å²) >= 11 is 7.66. The van der Waals surface area contributed by atoms with Crippen molar-refractivity contribution in [2.24, 2.45) is 5.73 Å². The predicted molar refractivity (Wildman–Crippen MR) is 76.8 cm³/mol. The molecule has 96 valence electrons. The minimum Gasteiger partial charge on any atom is -0.444 e. The lowest BCUT2D eigenvalue weighted by Crippen LogP contribution is -1.99. The fraction of sp³-hybridized carbons (Fsp3) is 0.308. The molecule has 0 atom stereocenters. The van der Waals surface area contributed by atoms with E-state index in [1.807, 2.05) is 36.0 Å². The zero-order chi connectivity index (χ0) is 12.8. The molecule has 1 heterocycles. The van der Waals surface area contributed by atoms with E-state index in [0.717, 1.165) is 35.7 Å². The topological polar surface area (TPSA) is 52.0 Å². The van der Waals surface area contributed by atoms with Crippen molar-refractivity contribution in [3.05, 3.63) is 41.2 Å². The smallest absolute Gasteiger partial charge is 0.226 e. The first kappa shape index (κ1) is 13.5. The Balaban J connectivity index is 1.95. The van der Waals surface area contributed by atoms with Crippen LogP contribution >= 0.6 is 23.4 Å². The minimum absolute atomic E-state index is 0.640. The Hall–Kier alpha value is -0.970. The van der Waals surface area contributed by atoms with Crippen LogP contribution in [-0.2, 0) is 5.75 Å². The monoisotopic (exact) mass is 282 g/mol. The Morgan fingerprint density at radius 1 is 1.28 bits per heavy atom. The van der Waals surface area contributed by atoms with Crippen molar-refractivity contribution >= 4 is 23.4 Å². The SMILES string of the molecule is NCCCSCc1coc(-c2ccc(Cl)cc2)n1. The van der Waals surface area contributed by atoms with Gasteiger partial charge in [-0.2, -0.15) is 11.8 Å². The highest BCUT2D eigenvalue weighted by Gasteiger charge is 2.06. The molecule has 1 aromatic carbocycles. The van der Waals surface area contributed by atoms with Crippen LogP contribution in [0, 0.1) is 0 Å². The van der Waals surface area contributed by atoms with Gasteiger partial charge in [-0.15, -0.1) is 0 Å². The van der Waals surface area contributed by atoms with Crippen LogP contribution in [0.2, 0.25) is 5.02 Å². The number of benzene rings is 1. The van der Waals surface area contributed by atoms with E-state index in [1.165, 1.54) is 0 Å². The van der Waals surface area contributed by atoms with Gasteiger partial charge in [0.2, 0.25) is 5.89 Å². The van der Waals surface area contributed by atoms with Crippen molar-refractivity contribution in [1.82, 2.24) is 4.98 Å². The van der Waals surface area contributed by atoms with Crippen LogP contribution in [0.1, 0.15) is 12.1 Å². The van der Waals surface area contributed by atoms with E-state index >= 15 is 0 Å². The number of oxazole rings is 1. The maximum absolute atomic E-state index is 5.84. The number of nitrogens with two attached hydrogens (primary N) is 1. The molecule has 0 saturated carbocycles. The lowest BCUT2D eigenvalue weighted by Gasteiger charge is -1.96. The summed E-state index contributed by atoms with van der Waals surface area (Å²) in [4.78, 5) is 4.45. The molecule has 0 aliphatic carbocycles. The number of thioether (sulfide) groups is 1. The molecule has 2 N–H and O–H groups in total. The number of rotatable bonds is 6. The van der Waals surface area contributed by atoms with E-state index in [2.05, 4.69) is 4.98 Å². The second-order valence-corrected chi connectivity index (χ2v) is 5.39. The van der Waals surface area contributed by atoms with Crippen LogP contribution < -0.4 is 5.73 Å². The zero-order valence-corrected chi connectivity index (χ0v) is 11.5. The van der Waals surface area contributed by atoms with Gasteiger partial charge in [0.25, 0.3) is 0 Å². The maximum Gasteiger partial charge on any atom is 0.226 e. The normalized spacial score (nSPS) is 10.8. The molecule has 0 saturated heterocycles. The number of hydrogen-bond donors (Lipinski definition) is 1. The molecule has 0 unspecified atom stereocenters. The van der Waals surface area contributed by atoms with Crippen molar-refractivity contribution in [3.63, 3.8) is 0 Å². The summed E-state index contributed by atoms with van der Waals surface area (Å²) < 4.78 is 5.46. The van der Waals surface area contributed by atoms with Gasteiger partial charge in [0.1, 0.15) is 6.26 Å². The zero-order valence-electron chi connectivity index (χ0n) is 9.93. The number of nitrogens with zero attached hydrogens (tertiary/aromatic N) is 1. The van der Waals surface area contributed by atoms with Gasteiger partial charge in [0.05, 0.1) is 5.69 Å². The summed E-state index contributed by atoms with van der Waals surface area (Å²) in [6, 6.07) is 7.46. The third-order valence-corrected chi connectivity index (χ3v) is 3.71. The maximum atomic E-state index is 5.84. The van der Waals surface area contributed by atoms with Gasteiger partial charge >= 0.3 is 0 Å². The van der Waals surface area contributed by atoms with Crippen LogP contribution in [-0.4, -0.2) is 17.3 Å². The molecule has 18 heavy (non-hydrogen) atoms. The number of halogens is 1. The molecule has 5 heteroatoms. The number of aromatic nitrogens is 1. The first-order chi connectivity index (χ1) is 8.79. The molecular weight excluding hydrogens is 268 g/mol. The second kappa shape index (κ2) is 6.83. The highest BCUT2D eigenvalue weighted by atomic mass is 35.5. The minimum atomic E-state index is 0.640. The van der Waals surface area contributed by atoms with E-state index in [-0.39, 0.29) is 0 Å². The largest absolute Gasteiger partial charge is 0.444 e. The Morgan fingerprint density at radius 3 is 2.78 bits per heavy atom. The highest BCUT2D eigenvalue weighted by molar-refractivity contribution is 7.98. The van der Waals surface area contributed by atoms with Crippen molar-refractivity contribution in [3.8, 4) is 11.5 Å². The van der Waals surface area contributed by atoms with Crippen molar-refractivity contribution in [1.29, 1.82) is 0 Å². The first-order valence-electron chi connectivity index (χ1n) is 5.78. The standard InChI is InChI=1S/C13H15ClN2OS/c14-11-4-2-10(3-5-11)13-16-12(8-17-13)9-18-7-1-6-15/h2-5,8H,1,6-7,9,15H2. The van der Waals surface area contributed by atoms with Gasteiger partial charge < -0.3 is 10.2 Å². The lowest BCUT2D eigenvalue weighted by molar-refractivity contribution is 0.573. The lowest BCUT2D eigenvalue weighted by atomic mass is 10.2.